The van der Waals surface area contributed by atoms with E-state index in [1.165, 1.54) is 0 Å². The average Bonchev–Trinajstić information content (AvgIpc) is 2.17. The van der Waals surface area contributed by atoms with Gasteiger partial charge in [-0.25, -0.2) is 8.42 Å². The predicted octanol–water partition coefficient (Wildman–Crippen LogP) is -0.581. The van der Waals surface area contributed by atoms with Crippen molar-refractivity contribution in [3.8, 4) is 0 Å². The number of sulfone groups is 1. The first-order valence-electron chi connectivity index (χ1n) is 5.27. The number of hydrogen-bond acceptors (Lipinski definition) is 4. The molecule has 0 aromatic heterocycles. The van der Waals surface area contributed by atoms with Gasteiger partial charge in [0.1, 0.15) is 5.25 Å². The summed E-state index contributed by atoms with van der Waals surface area (Å²) in [6.45, 7) is 0.957. The van der Waals surface area contributed by atoms with Crippen molar-refractivity contribution in [2.75, 3.05) is 18.8 Å². The molecule has 1 unspecified atom stereocenters. The van der Waals surface area contributed by atoms with Crippen molar-refractivity contribution in [2.24, 2.45) is 5.73 Å². The Labute approximate surface area is 90.3 Å². The van der Waals surface area contributed by atoms with E-state index < -0.39 is 15.1 Å². The van der Waals surface area contributed by atoms with Gasteiger partial charge in [-0.2, -0.15) is 0 Å². The van der Waals surface area contributed by atoms with Crippen molar-refractivity contribution in [3.63, 3.8) is 0 Å². The van der Waals surface area contributed by atoms with E-state index in [0.717, 1.165) is 6.42 Å². The summed E-state index contributed by atoms with van der Waals surface area (Å²) in [4.78, 5) is 11.6. The van der Waals surface area contributed by atoms with Crippen LogP contribution >= 0.6 is 0 Å². The lowest BCUT2D eigenvalue weighted by molar-refractivity contribution is -0.120. The molecule has 88 valence electrons. The normalized spacial score (nSPS) is 24.7. The van der Waals surface area contributed by atoms with Gasteiger partial charge in [0, 0.05) is 6.54 Å². The maximum Gasteiger partial charge on any atom is 0.238 e. The molecule has 15 heavy (non-hydrogen) atoms. The first-order chi connectivity index (χ1) is 7.08. The summed E-state index contributed by atoms with van der Waals surface area (Å²) in [5.41, 5.74) is 5.28. The van der Waals surface area contributed by atoms with Gasteiger partial charge < -0.3 is 11.1 Å². The van der Waals surface area contributed by atoms with Crippen LogP contribution in [0, 0.1) is 0 Å². The predicted molar refractivity (Wildman–Crippen MR) is 58.1 cm³/mol. The molecule has 0 spiro atoms. The van der Waals surface area contributed by atoms with E-state index in [2.05, 4.69) is 5.32 Å². The lowest BCUT2D eigenvalue weighted by atomic mass is 10.2. The SMILES string of the molecule is NCCCNC(=O)C1CCCCS1(=O)=O. The lowest BCUT2D eigenvalue weighted by Crippen LogP contribution is -2.43. The molecule has 0 aliphatic carbocycles. The zero-order valence-corrected chi connectivity index (χ0v) is 9.55. The van der Waals surface area contributed by atoms with Crippen LogP contribution in [0.3, 0.4) is 0 Å². The van der Waals surface area contributed by atoms with Gasteiger partial charge in [0.15, 0.2) is 9.84 Å². The summed E-state index contributed by atoms with van der Waals surface area (Å²) in [7, 11) is -3.20. The number of hydrogen-bond donors (Lipinski definition) is 2. The molecular formula is C9H18N2O3S. The second-order valence-electron chi connectivity index (χ2n) is 3.78. The highest BCUT2D eigenvalue weighted by molar-refractivity contribution is 7.92. The highest BCUT2D eigenvalue weighted by Gasteiger charge is 2.34. The van der Waals surface area contributed by atoms with Gasteiger partial charge in [-0.3, -0.25) is 4.79 Å². The largest absolute Gasteiger partial charge is 0.355 e. The Morgan fingerprint density at radius 2 is 2.13 bits per heavy atom. The van der Waals surface area contributed by atoms with Crippen LogP contribution in [-0.4, -0.2) is 38.4 Å². The molecule has 0 radical (unpaired) electrons. The first-order valence-corrected chi connectivity index (χ1v) is 6.99. The fourth-order valence-corrected chi connectivity index (χ4v) is 3.50. The second kappa shape index (κ2) is 5.46. The molecule has 0 aromatic carbocycles. The smallest absolute Gasteiger partial charge is 0.238 e. The van der Waals surface area contributed by atoms with Crippen molar-refractivity contribution in [2.45, 2.75) is 30.9 Å². The van der Waals surface area contributed by atoms with Crippen molar-refractivity contribution >= 4 is 15.7 Å². The molecule has 3 N–H and O–H groups in total. The molecule has 1 saturated heterocycles. The minimum Gasteiger partial charge on any atom is -0.355 e. The van der Waals surface area contributed by atoms with Crippen LogP contribution < -0.4 is 11.1 Å². The molecular weight excluding hydrogens is 216 g/mol. The van der Waals surface area contributed by atoms with Gasteiger partial charge in [-0.05, 0) is 25.8 Å². The monoisotopic (exact) mass is 234 g/mol. The summed E-state index contributed by atoms with van der Waals surface area (Å²) in [6, 6.07) is 0. The molecule has 0 aromatic rings. The maximum atomic E-state index is 11.6. The third kappa shape index (κ3) is 3.46. The van der Waals surface area contributed by atoms with E-state index in [1.807, 2.05) is 0 Å². The minimum atomic E-state index is -3.20. The van der Waals surface area contributed by atoms with Crippen molar-refractivity contribution in [1.82, 2.24) is 5.32 Å². The molecule has 1 aliphatic heterocycles. The van der Waals surface area contributed by atoms with E-state index in [9.17, 15) is 13.2 Å². The number of nitrogens with one attached hydrogen (secondary N) is 1. The fourth-order valence-electron chi connectivity index (χ4n) is 1.68. The van der Waals surface area contributed by atoms with Gasteiger partial charge >= 0.3 is 0 Å². The van der Waals surface area contributed by atoms with Crippen molar-refractivity contribution in [1.29, 1.82) is 0 Å². The summed E-state index contributed by atoms with van der Waals surface area (Å²) < 4.78 is 23.1. The molecule has 0 bridgehead atoms. The zero-order chi connectivity index (χ0) is 11.3. The number of amides is 1. The second-order valence-corrected chi connectivity index (χ2v) is 6.09. The van der Waals surface area contributed by atoms with E-state index in [-0.39, 0.29) is 11.7 Å². The van der Waals surface area contributed by atoms with Gasteiger partial charge in [-0.15, -0.1) is 0 Å². The number of rotatable bonds is 4. The van der Waals surface area contributed by atoms with Crippen LogP contribution in [0.5, 0.6) is 0 Å². The number of carbonyl (C=O) groups is 1. The van der Waals surface area contributed by atoms with E-state index in [0.29, 0.717) is 32.4 Å². The van der Waals surface area contributed by atoms with E-state index in [4.69, 9.17) is 5.73 Å². The van der Waals surface area contributed by atoms with Crippen molar-refractivity contribution < 1.29 is 13.2 Å². The lowest BCUT2D eigenvalue weighted by Gasteiger charge is -2.21. The van der Waals surface area contributed by atoms with Crippen LogP contribution in [0.2, 0.25) is 0 Å². The summed E-state index contributed by atoms with van der Waals surface area (Å²) >= 11 is 0. The van der Waals surface area contributed by atoms with E-state index in [1.54, 1.807) is 0 Å². The van der Waals surface area contributed by atoms with Crippen molar-refractivity contribution in [3.05, 3.63) is 0 Å². The van der Waals surface area contributed by atoms with Crippen LogP contribution in [0.4, 0.5) is 0 Å². The summed E-state index contributed by atoms with van der Waals surface area (Å²) in [5, 5.41) is 1.78. The Morgan fingerprint density at radius 1 is 1.40 bits per heavy atom. The van der Waals surface area contributed by atoms with E-state index >= 15 is 0 Å². The molecule has 1 atom stereocenters. The number of carbonyl (C=O) groups excluding carboxylic acids is 1. The van der Waals surface area contributed by atoms with Gasteiger partial charge in [0.25, 0.3) is 0 Å². The minimum absolute atomic E-state index is 0.141. The Hall–Kier alpha value is -0.620. The van der Waals surface area contributed by atoms with Crippen LogP contribution in [-0.2, 0) is 14.6 Å². The highest BCUT2D eigenvalue weighted by atomic mass is 32.2. The van der Waals surface area contributed by atoms with Crippen LogP contribution in [0.25, 0.3) is 0 Å². The summed E-state index contributed by atoms with van der Waals surface area (Å²) in [6.07, 6.45) is 2.62. The fraction of sp³-hybridized carbons (Fsp3) is 0.889. The first kappa shape index (κ1) is 12.4. The molecule has 5 nitrogen and oxygen atoms in total. The van der Waals surface area contributed by atoms with Gasteiger partial charge in [0.05, 0.1) is 5.75 Å². The third-order valence-corrected chi connectivity index (χ3v) is 4.73. The zero-order valence-electron chi connectivity index (χ0n) is 8.74. The topological polar surface area (TPSA) is 89.3 Å². The molecule has 1 rings (SSSR count). The highest BCUT2D eigenvalue weighted by Crippen LogP contribution is 2.19. The van der Waals surface area contributed by atoms with Gasteiger partial charge in [-0.1, -0.05) is 6.42 Å². The van der Waals surface area contributed by atoms with Gasteiger partial charge in [0.2, 0.25) is 5.91 Å². The maximum absolute atomic E-state index is 11.6. The van der Waals surface area contributed by atoms with Crippen LogP contribution in [0.1, 0.15) is 25.7 Å². The Morgan fingerprint density at radius 3 is 2.73 bits per heavy atom. The molecule has 1 amide bonds. The molecule has 1 fully saturated rings. The standard InChI is InChI=1S/C9H18N2O3S/c10-5-3-6-11-9(12)8-4-1-2-7-15(8,13)14/h8H,1-7,10H2,(H,11,12). The average molecular weight is 234 g/mol. The Kier molecular flexibility index (Phi) is 4.53. The molecule has 6 heteroatoms. The Bertz CT molecular complexity index is 313. The Balaban J connectivity index is 2.50. The quantitative estimate of drug-likeness (QED) is 0.637. The molecule has 0 saturated carbocycles. The summed E-state index contributed by atoms with van der Waals surface area (Å²) in [5.74, 6) is -0.217. The molecule has 1 heterocycles. The third-order valence-electron chi connectivity index (χ3n) is 2.55. The molecule has 1 aliphatic rings. The number of nitrogens with two attached hydrogens (primary N) is 1. The van der Waals surface area contributed by atoms with Crippen LogP contribution in [0.15, 0.2) is 0 Å².